The van der Waals surface area contributed by atoms with Crippen molar-refractivity contribution in [2.24, 2.45) is 0 Å². The molecule has 4 rings (SSSR count). The number of hydrogen-bond acceptors (Lipinski definition) is 8. The number of fused-ring (bicyclic) bond motifs is 1. The molecule has 1 aliphatic rings. The van der Waals surface area contributed by atoms with Gasteiger partial charge in [-0.2, -0.15) is 4.52 Å². The third kappa shape index (κ3) is 3.26. The van der Waals surface area contributed by atoms with E-state index in [1.165, 1.54) is 15.9 Å². The first-order valence-corrected chi connectivity index (χ1v) is 9.65. The van der Waals surface area contributed by atoms with Gasteiger partial charge in [-0.3, -0.25) is 4.79 Å². The van der Waals surface area contributed by atoms with Gasteiger partial charge in [0, 0.05) is 44.1 Å². The summed E-state index contributed by atoms with van der Waals surface area (Å²) < 4.78 is 1.42. The van der Waals surface area contributed by atoms with E-state index in [1.807, 2.05) is 13.0 Å². The van der Waals surface area contributed by atoms with Gasteiger partial charge >= 0.3 is 0 Å². The molecule has 136 valence electrons. The Morgan fingerprint density at radius 1 is 1.15 bits per heavy atom. The summed E-state index contributed by atoms with van der Waals surface area (Å²) in [6, 6.07) is 3.54. The van der Waals surface area contributed by atoms with Crippen LogP contribution < -0.4 is 15.4 Å². The molecule has 1 aliphatic heterocycles. The molecule has 0 atom stereocenters. The molecule has 1 saturated heterocycles. The second-order valence-electron chi connectivity index (χ2n) is 6.35. The summed E-state index contributed by atoms with van der Waals surface area (Å²) in [4.78, 5) is 30.6. The summed E-state index contributed by atoms with van der Waals surface area (Å²) >= 11 is 1.48. The van der Waals surface area contributed by atoms with E-state index < -0.39 is 0 Å². The molecular formula is C17H21N7OS. The van der Waals surface area contributed by atoms with E-state index in [0.29, 0.717) is 4.96 Å². The van der Waals surface area contributed by atoms with Crippen LogP contribution in [-0.4, -0.2) is 50.7 Å². The molecular weight excluding hydrogens is 350 g/mol. The van der Waals surface area contributed by atoms with E-state index in [2.05, 4.69) is 36.8 Å². The lowest BCUT2D eigenvalue weighted by atomic mass is 10.2. The highest BCUT2D eigenvalue weighted by molar-refractivity contribution is 7.20. The number of hydrogen-bond donors (Lipinski definition) is 0. The molecule has 0 aliphatic carbocycles. The van der Waals surface area contributed by atoms with Gasteiger partial charge in [0.05, 0.1) is 0 Å². The molecule has 0 amide bonds. The number of piperazine rings is 1. The van der Waals surface area contributed by atoms with Gasteiger partial charge in [0.25, 0.3) is 5.56 Å². The zero-order chi connectivity index (χ0) is 18.1. The molecule has 0 unspecified atom stereocenters. The molecule has 3 aromatic heterocycles. The van der Waals surface area contributed by atoms with Gasteiger partial charge in [0.1, 0.15) is 11.6 Å². The lowest BCUT2D eigenvalue weighted by molar-refractivity contribution is 0.639. The van der Waals surface area contributed by atoms with Crippen LogP contribution in [0.4, 0.5) is 10.9 Å². The van der Waals surface area contributed by atoms with Crippen LogP contribution >= 0.6 is 11.3 Å². The smallest absolute Gasteiger partial charge is 0.275 e. The summed E-state index contributed by atoms with van der Waals surface area (Å²) in [7, 11) is 0. The van der Waals surface area contributed by atoms with Crippen molar-refractivity contribution in [3.05, 3.63) is 40.2 Å². The van der Waals surface area contributed by atoms with Crippen LogP contribution in [-0.2, 0) is 6.42 Å². The van der Waals surface area contributed by atoms with Crippen LogP contribution in [0.5, 0.6) is 0 Å². The van der Waals surface area contributed by atoms with Crippen LogP contribution in [0.25, 0.3) is 4.96 Å². The van der Waals surface area contributed by atoms with Crippen molar-refractivity contribution in [2.75, 3.05) is 36.0 Å². The van der Waals surface area contributed by atoms with Crippen LogP contribution in [0.3, 0.4) is 0 Å². The molecule has 0 radical (unpaired) electrons. The Labute approximate surface area is 155 Å². The van der Waals surface area contributed by atoms with E-state index in [4.69, 9.17) is 0 Å². The SMILES string of the molecule is CCCc1cc(=O)n2nc(N3CCN(c4ccnc(C)n4)CC3)sc2n1. The molecule has 4 heterocycles. The first-order valence-electron chi connectivity index (χ1n) is 8.83. The fraction of sp³-hybridized carbons (Fsp3) is 0.471. The van der Waals surface area contributed by atoms with Crippen LogP contribution in [0.1, 0.15) is 24.9 Å². The minimum atomic E-state index is -0.101. The third-order valence-electron chi connectivity index (χ3n) is 4.43. The maximum Gasteiger partial charge on any atom is 0.275 e. The second-order valence-corrected chi connectivity index (χ2v) is 7.29. The van der Waals surface area contributed by atoms with Gasteiger partial charge in [0.2, 0.25) is 10.1 Å². The Balaban J connectivity index is 1.52. The molecule has 9 heteroatoms. The van der Waals surface area contributed by atoms with Crippen molar-refractivity contribution >= 4 is 27.2 Å². The van der Waals surface area contributed by atoms with E-state index in [-0.39, 0.29) is 5.56 Å². The lowest BCUT2D eigenvalue weighted by Crippen LogP contribution is -2.47. The average Bonchev–Trinajstić information content (AvgIpc) is 3.07. The van der Waals surface area contributed by atoms with Crippen LogP contribution in [0.2, 0.25) is 0 Å². The van der Waals surface area contributed by atoms with E-state index >= 15 is 0 Å². The molecule has 0 saturated carbocycles. The number of nitrogens with zero attached hydrogens (tertiary/aromatic N) is 7. The zero-order valence-electron chi connectivity index (χ0n) is 14.9. The number of anilines is 2. The minimum absolute atomic E-state index is 0.101. The molecule has 26 heavy (non-hydrogen) atoms. The summed E-state index contributed by atoms with van der Waals surface area (Å²) in [6.07, 6.45) is 3.58. The molecule has 8 nitrogen and oxygen atoms in total. The molecule has 0 spiro atoms. The Morgan fingerprint density at radius 3 is 2.65 bits per heavy atom. The second kappa shape index (κ2) is 6.99. The van der Waals surface area contributed by atoms with Crippen molar-refractivity contribution in [3.8, 4) is 0 Å². The Kier molecular flexibility index (Phi) is 4.54. The average molecular weight is 371 g/mol. The monoisotopic (exact) mass is 371 g/mol. The van der Waals surface area contributed by atoms with Gasteiger partial charge in [-0.25, -0.2) is 15.0 Å². The Hall–Kier alpha value is -2.55. The van der Waals surface area contributed by atoms with Crippen molar-refractivity contribution in [1.29, 1.82) is 0 Å². The predicted molar refractivity (Wildman–Crippen MR) is 102 cm³/mol. The van der Waals surface area contributed by atoms with Gasteiger partial charge in [-0.05, 0) is 19.4 Å². The Bertz CT molecular complexity index is 975. The minimum Gasteiger partial charge on any atom is -0.353 e. The lowest BCUT2D eigenvalue weighted by Gasteiger charge is -2.35. The van der Waals surface area contributed by atoms with E-state index in [0.717, 1.165) is 61.5 Å². The third-order valence-corrected chi connectivity index (χ3v) is 5.40. The molecule has 0 bridgehead atoms. The number of aromatic nitrogens is 5. The topological polar surface area (TPSA) is 79.5 Å². The van der Waals surface area contributed by atoms with Gasteiger partial charge in [0.15, 0.2) is 0 Å². The van der Waals surface area contributed by atoms with Gasteiger partial charge < -0.3 is 9.80 Å². The zero-order valence-corrected chi connectivity index (χ0v) is 15.7. The number of rotatable bonds is 4. The molecule has 0 N–H and O–H groups in total. The summed E-state index contributed by atoms with van der Waals surface area (Å²) in [5, 5.41) is 5.34. The maximum absolute atomic E-state index is 12.3. The normalized spacial score (nSPS) is 15.0. The molecule has 3 aromatic rings. The van der Waals surface area contributed by atoms with Crippen molar-refractivity contribution in [1.82, 2.24) is 24.6 Å². The standard InChI is InChI=1S/C17H21N7OS/c1-3-4-13-11-15(25)24-16(20-13)26-17(21-24)23-9-7-22(8-10-23)14-5-6-18-12(2)19-14/h5-6,11H,3-4,7-10H2,1-2H3. The van der Waals surface area contributed by atoms with Crippen molar-refractivity contribution in [2.45, 2.75) is 26.7 Å². The van der Waals surface area contributed by atoms with Gasteiger partial charge in [-0.1, -0.05) is 24.7 Å². The predicted octanol–water partition coefficient (Wildman–Crippen LogP) is 1.53. The van der Waals surface area contributed by atoms with E-state index in [1.54, 1.807) is 12.3 Å². The van der Waals surface area contributed by atoms with Crippen molar-refractivity contribution < 1.29 is 0 Å². The summed E-state index contributed by atoms with van der Waals surface area (Å²) in [5.74, 6) is 1.74. The van der Waals surface area contributed by atoms with Gasteiger partial charge in [-0.15, -0.1) is 5.10 Å². The highest BCUT2D eigenvalue weighted by Gasteiger charge is 2.21. The fourth-order valence-corrected chi connectivity index (χ4v) is 4.08. The fourth-order valence-electron chi connectivity index (χ4n) is 3.10. The summed E-state index contributed by atoms with van der Waals surface area (Å²) in [5.41, 5.74) is 0.743. The maximum atomic E-state index is 12.3. The summed E-state index contributed by atoms with van der Waals surface area (Å²) in [6.45, 7) is 7.36. The largest absolute Gasteiger partial charge is 0.353 e. The highest BCUT2D eigenvalue weighted by atomic mass is 32.1. The van der Waals surface area contributed by atoms with E-state index in [9.17, 15) is 4.79 Å². The van der Waals surface area contributed by atoms with Crippen molar-refractivity contribution in [3.63, 3.8) is 0 Å². The Morgan fingerprint density at radius 2 is 1.92 bits per heavy atom. The van der Waals surface area contributed by atoms with Crippen LogP contribution in [0.15, 0.2) is 23.1 Å². The quantitative estimate of drug-likeness (QED) is 0.688. The highest BCUT2D eigenvalue weighted by Crippen LogP contribution is 2.24. The number of aryl methyl sites for hydroxylation is 2. The molecule has 0 aromatic carbocycles. The first-order chi connectivity index (χ1) is 12.6. The van der Waals surface area contributed by atoms with Crippen LogP contribution in [0, 0.1) is 6.92 Å². The molecule has 1 fully saturated rings. The first kappa shape index (κ1) is 16.9.